The molecule has 4 heteroatoms. The predicted octanol–water partition coefficient (Wildman–Crippen LogP) is 5.62. The number of ketones is 1. The zero-order chi connectivity index (χ0) is 20.5. The van der Waals surface area contributed by atoms with Crippen molar-refractivity contribution in [2.75, 3.05) is 14.2 Å². The smallest absolute Gasteiger partial charge is 0.170 e. The fourth-order valence-electron chi connectivity index (χ4n) is 4.41. The lowest BCUT2D eigenvalue weighted by atomic mass is 9.76. The number of carbonyl (C=O) groups is 1. The van der Waals surface area contributed by atoms with Gasteiger partial charge in [-0.2, -0.15) is 0 Å². The van der Waals surface area contributed by atoms with Crippen LogP contribution in [0.2, 0.25) is 0 Å². The molecule has 154 valence electrons. The highest BCUT2D eigenvalue weighted by atomic mass is 16.5. The van der Waals surface area contributed by atoms with Gasteiger partial charge in [-0.05, 0) is 49.5 Å². The summed E-state index contributed by atoms with van der Waals surface area (Å²) < 4.78 is 17.8. The topological polar surface area (TPSA) is 44.8 Å². The number of ether oxygens (including phenoxy) is 3. The molecule has 1 aromatic carbocycles. The number of rotatable bonds is 6. The van der Waals surface area contributed by atoms with Crippen LogP contribution in [0.4, 0.5) is 0 Å². The standard InChI is InChI=1S/C24H34O4/c1-15(2)13-19(25)22-21(27-6)14-20(26-5)18-9-12-24(28-23(18)22)10-7-17(8-11-24)16(3)4/h7,10,14-17H,8-9,11-13H2,1-6H3. The summed E-state index contributed by atoms with van der Waals surface area (Å²) in [5.74, 6) is 3.52. The van der Waals surface area contributed by atoms with Gasteiger partial charge in [-0.3, -0.25) is 4.79 Å². The molecular formula is C24H34O4. The molecule has 2 aliphatic rings. The summed E-state index contributed by atoms with van der Waals surface area (Å²) in [7, 11) is 3.25. The van der Waals surface area contributed by atoms with Gasteiger partial charge in [0.1, 0.15) is 28.4 Å². The second kappa shape index (κ2) is 8.18. The zero-order valence-corrected chi connectivity index (χ0v) is 18.1. The lowest BCUT2D eigenvalue weighted by molar-refractivity contribution is 0.0661. The van der Waals surface area contributed by atoms with Crippen molar-refractivity contribution in [2.24, 2.45) is 17.8 Å². The number of Topliss-reactive ketones (excluding diaryl/α,β-unsaturated/α-hetero) is 1. The van der Waals surface area contributed by atoms with E-state index in [2.05, 4.69) is 39.8 Å². The van der Waals surface area contributed by atoms with E-state index in [1.165, 1.54) is 0 Å². The van der Waals surface area contributed by atoms with E-state index in [1.807, 2.05) is 6.07 Å². The Labute approximate surface area is 169 Å². The third kappa shape index (κ3) is 3.92. The number of hydrogen-bond donors (Lipinski definition) is 0. The molecule has 0 saturated heterocycles. The molecule has 3 rings (SSSR count). The fraction of sp³-hybridized carbons (Fsp3) is 0.625. The molecule has 0 N–H and O–H groups in total. The van der Waals surface area contributed by atoms with E-state index in [4.69, 9.17) is 14.2 Å². The summed E-state index contributed by atoms with van der Waals surface area (Å²) in [4.78, 5) is 13.1. The van der Waals surface area contributed by atoms with Crippen molar-refractivity contribution in [3.8, 4) is 17.2 Å². The molecule has 1 aliphatic heterocycles. The lowest BCUT2D eigenvalue weighted by Crippen LogP contribution is -2.41. The Balaban J connectivity index is 2.06. The van der Waals surface area contributed by atoms with Crippen LogP contribution in [0.1, 0.15) is 69.3 Å². The van der Waals surface area contributed by atoms with Crippen LogP contribution in [0.15, 0.2) is 18.2 Å². The molecule has 28 heavy (non-hydrogen) atoms. The van der Waals surface area contributed by atoms with Gasteiger partial charge in [0.05, 0.1) is 14.2 Å². The predicted molar refractivity (Wildman–Crippen MR) is 112 cm³/mol. The van der Waals surface area contributed by atoms with E-state index in [-0.39, 0.29) is 17.3 Å². The van der Waals surface area contributed by atoms with Gasteiger partial charge in [0, 0.05) is 18.1 Å². The minimum Gasteiger partial charge on any atom is -0.496 e. The summed E-state index contributed by atoms with van der Waals surface area (Å²) in [5, 5.41) is 0. The first-order valence-corrected chi connectivity index (χ1v) is 10.5. The summed E-state index contributed by atoms with van der Waals surface area (Å²) >= 11 is 0. The van der Waals surface area contributed by atoms with Crippen LogP contribution in [0.5, 0.6) is 17.2 Å². The number of fused-ring (bicyclic) bond motifs is 1. The molecule has 1 heterocycles. The van der Waals surface area contributed by atoms with Crippen LogP contribution in [0.3, 0.4) is 0 Å². The van der Waals surface area contributed by atoms with E-state index in [9.17, 15) is 4.79 Å². The highest BCUT2D eigenvalue weighted by Gasteiger charge is 2.40. The Morgan fingerprint density at radius 1 is 1.18 bits per heavy atom. The van der Waals surface area contributed by atoms with E-state index < -0.39 is 0 Å². The molecule has 4 nitrogen and oxygen atoms in total. The normalized spacial score (nSPS) is 23.6. The molecule has 0 saturated carbocycles. The van der Waals surface area contributed by atoms with Crippen molar-refractivity contribution in [3.05, 3.63) is 29.3 Å². The van der Waals surface area contributed by atoms with Crippen molar-refractivity contribution >= 4 is 5.78 Å². The number of benzene rings is 1. The highest BCUT2D eigenvalue weighted by molar-refractivity contribution is 6.02. The van der Waals surface area contributed by atoms with Crippen molar-refractivity contribution in [1.29, 1.82) is 0 Å². The third-order valence-corrected chi connectivity index (χ3v) is 6.13. The monoisotopic (exact) mass is 386 g/mol. The quantitative estimate of drug-likeness (QED) is 0.470. The average Bonchev–Trinajstić information content (AvgIpc) is 2.66. The Hall–Kier alpha value is -1.97. The first kappa shape index (κ1) is 20.8. The molecule has 0 fully saturated rings. The SMILES string of the molecule is COc1cc(OC)c(C(=O)CC(C)C)c2c1CCC1(C=CC(C(C)C)CC1)O2. The van der Waals surface area contributed by atoms with E-state index in [0.29, 0.717) is 35.3 Å². The minimum atomic E-state index is -0.331. The Kier molecular flexibility index (Phi) is 6.07. The highest BCUT2D eigenvalue weighted by Crippen LogP contribution is 2.48. The Morgan fingerprint density at radius 2 is 1.89 bits per heavy atom. The lowest BCUT2D eigenvalue weighted by Gasteiger charge is -2.41. The minimum absolute atomic E-state index is 0.0719. The van der Waals surface area contributed by atoms with E-state index in [1.54, 1.807) is 14.2 Å². The summed E-state index contributed by atoms with van der Waals surface area (Å²) in [6, 6.07) is 1.83. The van der Waals surface area contributed by atoms with Crippen LogP contribution < -0.4 is 14.2 Å². The summed E-state index contributed by atoms with van der Waals surface area (Å²) in [6.07, 6.45) is 8.85. The fourth-order valence-corrected chi connectivity index (χ4v) is 4.41. The van der Waals surface area contributed by atoms with Gasteiger partial charge < -0.3 is 14.2 Å². The maximum atomic E-state index is 13.1. The van der Waals surface area contributed by atoms with Crippen molar-refractivity contribution in [2.45, 2.75) is 65.4 Å². The molecule has 0 radical (unpaired) electrons. The van der Waals surface area contributed by atoms with Crippen LogP contribution >= 0.6 is 0 Å². The Morgan fingerprint density at radius 3 is 2.43 bits per heavy atom. The molecule has 2 unspecified atom stereocenters. The molecule has 1 aliphatic carbocycles. The second-order valence-corrected chi connectivity index (χ2v) is 8.96. The average molecular weight is 387 g/mol. The van der Waals surface area contributed by atoms with Crippen molar-refractivity contribution < 1.29 is 19.0 Å². The maximum absolute atomic E-state index is 13.1. The van der Waals surface area contributed by atoms with Gasteiger partial charge in [-0.25, -0.2) is 0 Å². The first-order chi connectivity index (χ1) is 13.3. The maximum Gasteiger partial charge on any atom is 0.170 e. The van der Waals surface area contributed by atoms with Gasteiger partial charge in [-0.15, -0.1) is 0 Å². The number of carbonyl (C=O) groups excluding carboxylic acids is 1. The van der Waals surface area contributed by atoms with Crippen molar-refractivity contribution in [3.63, 3.8) is 0 Å². The molecule has 1 aromatic rings. The first-order valence-electron chi connectivity index (χ1n) is 10.5. The molecule has 0 bridgehead atoms. The number of allylic oxidation sites excluding steroid dienone is 1. The second-order valence-electron chi connectivity index (χ2n) is 8.96. The molecule has 1 spiro atoms. The van der Waals surface area contributed by atoms with Gasteiger partial charge in [-0.1, -0.05) is 33.8 Å². The zero-order valence-electron chi connectivity index (χ0n) is 18.1. The Bertz CT molecular complexity index is 762. The van der Waals surface area contributed by atoms with Gasteiger partial charge in [0.25, 0.3) is 0 Å². The van der Waals surface area contributed by atoms with E-state index in [0.717, 1.165) is 37.0 Å². The van der Waals surface area contributed by atoms with E-state index >= 15 is 0 Å². The molecule has 2 atom stereocenters. The molecule has 0 aromatic heterocycles. The molecular weight excluding hydrogens is 352 g/mol. The third-order valence-electron chi connectivity index (χ3n) is 6.13. The van der Waals surface area contributed by atoms with Crippen LogP contribution in [0, 0.1) is 17.8 Å². The van der Waals surface area contributed by atoms with Crippen LogP contribution in [-0.2, 0) is 6.42 Å². The largest absolute Gasteiger partial charge is 0.496 e. The van der Waals surface area contributed by atoms with Crippen LogP contribution in [0.25, 0.3) is 0 Å². The summed E-state index contributed by atoms with van der Waals surface area (Å²) in [5.41, 5.74) is 1.23. The number of hydrogen-bond acceptors (Lipinski definition) is 4. The van der Waals surface area contributed by atoms with Gasteiger partial charge in [0.2, 0.25) is 0 Å². The van der Waals surface area contributed by atoms with Gasteiger partial charge in [0.15, 0.2) is 5.78 Å². The van der Waals surface area contributed by atoms with Gasteiger partial charge >= 0.3 is 0 Å². The van der Waals surface area contributed by atoms with Crippen LogP contribution in [-0.4, -0.2) is 25.6 Å². The molecule has 0 amide bonds. The summed E-state index contributed by atoms with van der Waals surface area (Å²) in [6.45, 7) is 8.64. The number of methoxy groups -OCH3 is 2. The van der Waals surface area contributed by atoms with Crippen molar-refractivity contribution in [1.82, 2.24) is 0 Å².